The van der Waals surface area contributed by atoms with Crippen LogP contribution in [0.5, 0.6) is 0 Å². The molecule has 0 atom stereocenters. The highest BCUT2D eigenvalue weighted by atomic mass is 16.5. The molecule has 4 heterocycles. The second-order valence-electron chi connectivity index (χ2n) is 6.02. The third kappa shape index (κ3) is 2.56. The molecule has 1 aliphatic rings. The zero-order chi connectivity index (χ0) is 16.5. The first-order valence-electron chi connectivity index (χ1n) is 8.03. The number of rotatable bonds is 3. The Hall–Kier alpha value is -2.67. The van der Waals surface area contributed by atoms with E-state index in [1.165, 1.54) is 0 Å². The van der Waals surface area contributed by atoms with Crippen LogP contribution >= 0.6 is 0 Å². The standard InChI is InChI=1S/C17H20N6O/c1-22(2)14-11-15(23-7-9-24-10-8-23)20-16-12(14)3-5-18-17(16)13-4-6-19-21-13/h3-6,11H,7-10H2,1-2H3,(H,19,21). The van der Waals surface area contributed by atoms with Gasteiger partial charge < -0.3 is 14.5 Å². The van der Waals surface area contributed by atoms with E-state index in [4.69, 9.17) is 9.72 Å². The minimum Gasteiger partial charge on any atom is -0.378 e. The topological polar surface area (TPSA) is 70.2 Å². The Bertz CT molecular complexity index is 840. The fraction of sp³-hybridized carbons (Fsp3) is 0.353. The molecule has 3 aromatic heterocycles. The van der Waals surface area contributed by atoms with Gasteiger partial charge in [0.15, 0.2) is 0 Å². The highest BCUT2D eigenvalue weighted by Gasteiger charge is 2.18. The van der Waals surface area contributed by atoms with Crippen molar-refractivity contribution in [3.8, 4) is 11.4 Å². The summed E-state index contributed by atoms with van der Waals surface area (Å²) < 4.78 is 5.46. The normalized spacial score (nSPS) is 15.0. The largest absolute Gasteiger partial charge is 0.378 e. The van der Waals surface area contributed by atoms with Crippen LogP contribution in [0.1, 0.15) is 0 Å². The number of hydrogen-bond donors (Lipinski definition) is 1. The van der Waals surface area contributed by atoms with Crippen LogP contribution in [0.2, 0.25) is 0 Å². The molecule has 3 aromatic rings. The van der Waals surface area contributed by atoms with E-state index in [9.17, 15) is 0 Å². The van der Waals surface area contributed by atoms with Crippen molar-refractivity contribution in [2.24, 2.45) is 0 Å². The first-order chi connectivity index (χ1) is 11.7. The molecule has 7 nitrogen and oxygen atoms in total. The first kappa shape index (κ1) is 14.9. The van der Waals surface area contributed by atoms with Crippen LogP contribution in [-0.2, 0) is 4.74 Å². The number of fused-ring (bicyclic) bond motifs is 1. The fourth-order valence-corrected chi connectivity index (χ4v) is 3.03. The van der Waals surface area contributed by atoms with Gasteiger partial charge in [-0.1, -0.05) is 0 Å². The molecular weight excluding hydrogens is 304 g/mol. The van der Waals surface area contributed by atoms with Gasteiger partial charge in [-0.25, -0.2) is 4.98 Å². The zero-order valence-electron chi connectivity index (χ0n) is 13.9. The van der Waals surface area contributed by atoms with Gasteiger partial charge in [0.1, 0.15) is 17.0 Å². The number of morpholine rings is 1. The highest BCUT2D eigenvalue weighted by molar-refractivity contribution is 5.99. The number of aromatic amines is 1. The third-order valence-corrected chi connectivity index (χ3v) is 4.27. The Kier molecular flexibility index (Phi) is 3.78. The Morgan fingerprint density at radius 2 is 2.00 bits per heavy atom. The van der Waals surface area contributed by atoms with Crippen LogP contribution in [0.4, 0.5) is 11.5 Å². The number of aromatic nitrogens is 4. The number of nitrogens with one attached hydrogen (secondary N) is 1. The number of nitrogens with zero attached hydrogens (tertiary/aromatic N) is 5. The van der Waals surface area contributed by atoms with E-state index in [0.29, 0.717) is 0 Å². The Balaban J connectivity index is 1.94. The van der Waals surface area contributed by atoms with E-state index in [1.54, 1.807) is 6.20 Å². The average Bonchev–Trinajstić information content (AvgIpc) is 3.15. The molecule has 1 N–H and O–H groups in total. The van der Waals surface area contributed by atoms with E-state index >= 15 is 0 Å². The van der Waals surface area contributed by atoms with Gasteiger partial charge in [-0.05, 0) is 12.1 Å². The van der Waals surface area contributed by atoms with Crippen LogP contribution in [0.3, 0.4) is 0 Å². The molecule has 7 heteroatoms. The van der Waals surface area contributed by atoms with E-state index in [-0.39, 0.29) is 0 Å². The zero-order valence-corrected chi connectivity index (χ0v) is 13.9. The maximum Gasteiger partial charge on any atom is 0.131 e. The molecule has 24 heavy (non-hydrogen) atoms. The van der Waals surface area contributed by atoms with Gasteiger partial charge >= 0.3 is 0 Å². The molecule has 4 rings (SSSR count). The number of H-pyrrole nitrogens is 1. The Morgan fingerprint density at radius 1 is 1.17 bits per heavy atom. The van der Waals surface area contributed by atoms with Gasteiger partial charge in [-0.15, -0.1) is 0 Å². The summed E-state index contributed by atoms with van der Waals surface area (Å²) in [6.45, 7) is 3.17. The number of anilines is 2. The Morgan fingerprint density at radius 3 is 2.71 bits per heavy atom. The summed E-state index contributed by atoms with van der Waals surface area (Å²) in [6, 6.07) is 6.07. The van der Waals surface area contributed by atoms with Crippen LogP contribution < -0.4 is 9.80 Å². The highest BCUT2D eigenvalue weighted by Crippen LogP contribution is 2.33. The summed E-state index contributed by atoms with van der Waals surface area (Å²) in [5.41, 5.74) is 3.71. The van der Waals surface area contributed by atoms with E-state index in [2.05, 4.69) is 31.0 Å². The summed E-state index contributed by atoms with van der Waals surface area (Å²) >= 11 is 0. The lowest BCUT2D eigenvalue weighted by Crippen LogP contribution is -2.36. The average molecular weight is 324 g/mol. The molecule has 0 saturated carbocycles. The van der Waals surface area contributed by atoms with Crippen LogP contribution in [-0.4, -0.2) is 60.6 Å². The number of ether oxygens (including phenoxy) is 1. The summed E-state index contributed by atoms with van der Waals surface area (Å²) in [6.07, 6.45) is 3.55. The summed E-state index contributed by atoms with van der Waals surface area (Å²) in [7, 11) is 4.10. The molecule has 1 aliphatic heterocycles. The van der Waals surface area contributed by atoms with Crippen LogP contribution in [0.15, 0.2) is 30.6 Å². The van der Waals surface area contributed by atoms with Crippen molar-refractivity contribution in [1.82, 2.24) is 20.2 Å². The number of pyridine rings is 2. The molecule has 0 aliphatic carbocycles. The molecule has 0 bridgehead atoms. The fourth-order valence-electron chi connectivity index (χ4n) is 3.03. The van der Waals surface area contributed by atoms with Crippen molar-refractivity contribution in [3.63, 3.8) is 0 Å². The van der Waals surface area contributed by atoms with Gasteiger partial charge in [-0.2, -0.15) is 5.10 Å². The third-order valence-electron chi connectivity index (χ3n) is 4.27. The van der Waals surface area contributed by atoms with Crippen molar-refractivity contribution in [2.45, 2.75) is 0 Å². The molecule has 0 aromatic carbocycles. The van der Waals surface area contributed by atoms with Crippen LogP contribution in [0.25, 0.3) is 22.3 Å². The predicted octanol–water partition coefficient (Wildman–Crippen LogP) is 1.92. The van der Waals surface area contributed by atoms with Gasteiger partial charge in [0.25, 0.3) is 0 Å². The molecule has 0 spiro atoms. The van der Waals surface area contributed by atoms with E-state index in [0.717, 1.165) is 60.1 Å². The van der Waals surface area contributed by atoms with Crippen molar-refractivity contribution in [1.29, 1.82) is 0 Å². The molecular formula is C17H20N6O. The molecule has 0 unspecified atom stereocenters. The second kappa shape index (κ2) is 6.09. The maximum atomic E-state index is 5.46. The molecule has 0 radical (unpaired) electrons. The maximum absolute atomic E-state index is 5.46. The van der Waals surface area contributed by atoms with Crippen molar-refractivity contribution >= 4 is 22.4 Å². The van der Waals surface area contributed by atoms with Gasteiger partial charge in [0.05, 0.1) is 18.9 Å². The predicted molar refractivity (Wildman–Crippen MR) is 94.5 cm³/mol. The second-order valence-corrected chi connectivity index (χ2v) is 6.02. The minimum atomic E-state index is 0.734. The van der Waals surface area contributed by atoms with Gasteiger partial charge in [0.2, 0.25) is 0 Å². The van der Waals surface area contributed by atoms with Crippen LogP contribution in [0, 0.1) is 0 Å². The summed E-state index contributed by atoms with van der Waals surface area (Å²) in [5, 5.41) is 8.12. The molecule has 124 valence electrons. The summed E-state index contributed by atoms with van der Waals surface area (Å²) in [4.78, 5) is 13.9. The first-order valence-corrected chi connectivity index (χ1v) is 8.03. The molecule has 0 amide bonds. The lowest BCUT2D eigenvalue weighted by molar-refractivity contribution is 0.122. The minimum absolute atomic E-state index is 0.734. The smallest absolute Gasteiger partial charge is 0.131 e. The number of hydrogen-bond acceptors (Lipinski definition) is 6. The van der Waals surface area contributed by atoms with Crippen molar-refractivity contribution in [2.75, 3.05) is 50.2 Å². The lowest BCUT2D eigenvalue weighted by Gasteiger charge is -2.29. The van der Waals surface area contributed by atoms with Gasteiger partial charge in [-0.3, -0.25) is 10.1 Å². The SMILES string of the molecule is CN(C)c1cc(N2CCOCC2)nc2c(-c3ccn[nH]3)nccc12. The monoisotopic (exact) mass is 324 g/mol. The quantitative estimate of drug-likeness (QED) is 0.794. The molecule has 1 saturated heterocycles. The van der Waals surface area contributed by atoms with E-state index in [1.807, 2.05) is 32.4 Å². The van der Waals surface area contributed by atoms with Crippen molar-refractivity contribution in [3.05, 3.63) is 30.6 Å². The van der Waals surface area contributed by atoms with E-state index < -0.39 is 0 Å². The molecule has 1 fully saturated rings. The lowest BCUT2D eigenvalue weighted by atomic mass is 10.1. The Labute approximate surface area is 140 Å². The van der Waals surface area contributed by atoms with Crippen molar-refractivity contribution < 1.29 is 4.74 Å². The summed E-state index contributed by atoms with van der Waals surface area (Å²) in [5.74, 6) is 0.961. The van der Waals surface area contributed by atoms with Gasteiger partial charge in [0, 0.05) is 56.7 Å².